The Bertz CT molecular complexity index is 1260. The summed E-state index contributed by atoms with van der Waals surface area (Å²) in [6.07, 6.45) is 3.44. The number of esters is 1. The number of halogens is 2. The highest BCUT2D eigenvalue weighted by Gasteiger charge is 2.27. The quantitative estimate of drug-likeness (QED) is 0.425. The Labute approximate surface area is 196 Å². The molecule has 1 aromatic carbocycles. The molecule has 9 heteroatoms. The summed E-state index contributed by atoms with van der Waals surface area (Å²) in [5, 5.41) is 4.47. The first-order valence-electron chi connectivity index (χ1n) is 10.3. The van der Waals surface area contributed by atoms with Crippen LogP contribution in [0.2, 0.25) is 5.02 Å². The van der Waals surface area contributed by atoms with Crippen molar-refractivity contribution in [3.8, 4) is 23.1 Å². The van der Waals surface area contributed by atoms with E-state index in [9.17, 15) is 9.18 Å². The zero-order valence-corrected chi connectivity index (χ0v) is 19.2. The van der Waals surface area contributed by atoms with E-state index in [4.69, 9.17) is 26.1 Å². The summed E-state index contributed by atoms with van der Waals surface area (Å²) in [6.45, 7) is 3.12. The zero-order valence-electron chi connectivity index (χ0n) is 18.4. The summed E-state index contributed by atoms with van der Waals surface area (Å²) >= 11 is 5.95. The molecule has 7 nitrogen and oxygen atoms in total. The molecule has 0 spiro atoms. The minimum absolute atomic E-state index is 0.196. The van der Waals surface area contributed by atoms with Gasteiger partial charge in [-0.1, -0.05) is 17.5 Å². The molecule has 1 saturated heterocycles. The molecule has 0 N–H and O–H groups in total. The molecule has 0 amide bonds. The lowest BCUT2D eigenvalue weighted by Gasteiger charge is -2.34. The van der Waals surface area contributed by atoms with Crippen molar-refractivity contribution in [3.63, 3.8) is 0 Å². The fourth-order valence-electron chi connectivity index (χ4n) is 3.76. The van der Waals surface area contributed by atoms with E-state index in [1.807, 2.05) is 18.1 Å². The summed E-state index contributed by atoms with van der Waals surface area (Å²) in [6, 6.07) is 5.94. The number of pyridine rings is 1. The number of carbonyl (C=O) groups is 1. The minimum atomic E-state index is -0.580. The van der Waals surface area contributed by atoms with Crippen LogP contribution in [-0.2, 0) is 16.5 Å². The third kappa shape index (κ3) is 4.70. The summed E-state index contributed by atoms with van der Waals surface area (Å²) in [5.74, 6) is 5.05. The number of aromatic nitrogens is 3. The van der Waals surface area contributed by atoms with Crippen molar-refractivity contribution in [2.45, 2.75) is 13.0 Å². The van der Waals surface area contributed by atoms with Crippen LogP contribution in [0.25, 0.3) is 11.3 Å². The molecule has 3 aromatic rings. The van der Waals surface area contributed by atoms with Crippen molar-refractivity contribution in [1.82, 2.24) is 14.8 Å². The first-order chi connectivity index (χ1) is 15.9. The molecular formula is C24H22ClFN4O3. The topological polar surface area (TPSA) is 69.5 Å². The molecule has 170 valence electrons. The van der Waals surface area contributed by atoms with E-state index in [0.717, 1.165) is 5.56 Å². The highest BCUT2D eigenvalue weighted by atomic mass is 35.5. The highest BCUT2D eigenvalue weighted by Crippen LogP contribution is 2.33. The van der Waals surface area contributed by atoms with E-state index in [2.05, 4.69) is 16.9 Å². The minimum Gasteiger partial charge on any atom is -0.465 e. The zero-order chi connectivity index (χ0) is 23.5. The lowest BCUT2D eigenvalue weighted by molar-refractivity contribution is 0.0395. The maximum absolute atomic E-state index is 14.9. The molecule has 0 radical (unpaired) electrons. The Morgan fingerprint density at radius 3 is 2.85 bits per heavy atom. The predicted molar refractivity (Wildman–Crippen MR) is 123 cm³/mol. The van der Waals surface area contributed by atoms with Crippen molar-refractivity contribution in [3.05, 3.63) is 64.2 Å². The normalized spacial score (nSPS) is 15.7. The van der Waals surface area contributed by atoms with Gasteiger partial charge in [0.1, 0.15) is 17.7 Å². The van der Waals surface area contributed by atoms with E-state index in [1.165, 1.54) is 19.2 Å². The first-order valence-corrected chi connectivity index (χ1v) is 10.7. The second-order valence-electron chi connectivity index (χ2n) is 7.50. The largest absolute Gasteiger partial charge is 0.465 e. The second-order valence-corrected chi connectivity index (χ2v) is 7.93. The van der Waals surface area contributed by atoms with E-state index >= 15 is 0 Å². The number of hydrogen-bond acceptors (Lipinski definition) is 6. The van der Waals surface area contributed by atoms with Gasteiger partial charge in [-0.2, -0.15) is 5.10 Å². The third-order valence-corrected chi connectivity index (χ3v) is 5.57. The van der Waals surface area contributed by atoms with Gasteiger partial charge in [-0.25, -0.2) is 14.2 Å². The lowest BCUT2D eigenvalue weighted by Crippen LogP contribution is -2.39. The van der Waals surface area contributed by atoms with Crippen LogP contribution >= 0.6 is 11.6 Å². The van der Waals surface area contributed by atoms with Crippen LogP contribution in [0.5, 0.6) is 0 Å². The van der Waals surface area contributed by atoms with Crippen LogP contribution in [0.3, 0.4) is 0 Å². The maximum Gasteiger partial charge on any atom is 0.339 e. The maximum atomic E-state index is 14.9. The van der Waals surface area contributed by atoms with E-state index in [1.54, 1.807) is 29.9 Å². The van der Waals surface area contributed by atoms with Crippen LogP contribution in [0.4, 0.5) is 10.2 Å². The van der Waals surface area contributed by atoms with Crippen molar-refractivity contribution in [1.29, 1.82) is 0 Å². The van der Waals surface area contributed by atoms with E-state index in [0.29, 0.717) is 31.1 Å². The van der Waals surface area contributed by atoms with Gasteiger partial charge in [-0.3, -0.25) is 4.68 Å². The Morgan fingerprint density at radius 2 is 2.18 bits per heavy atom. The third-order valence-electron chi connectivity index (χ3n) is 5.33. The molecule has 1 unspecified atom stereocenters. The monoisotopic (exact) mass is 468 g/mol. The molecular weight excluding hydrogens is 447 g/mol. The molecule has 3 heterocycles. The Morgan fingerprint density at radius 1 is 1.36 bits per heavy atom. The van der Waals surface area contributed by atoms with Crippen LogP contribution in [0.1, 0.15) is 34.5 Å². The number of anilines is 1. The highest BCUT2D eigenvalue weighted by molar-refractivity contribution is 6.30. The van der Waals surface area contributed by atoms with Crippen LogP contribution in [0, 0.1) is 17.7 Å². The van der Waals surface area contributed by atoms with Gasteiger partial charge in [0.2, 0.25) is 0 Å². The summed E-state index contributed by atoms with van der Waals surface area (Å²) in [7, 11) is 3.13. The van der Waals surface area contributed by atoms with Crippen molar-refractivity contribution in [2.24, 2.45) is 7.05 Å². The molecule has 1 aliphatic heterocycles. The molecule has 0 saturated carbocycles. The number of benzene rings is 1. The van der Waals surface area contributed by atoms with E-state index in [-0.39, 0.29) is 27.9 Å². The molecule has 4 rings (SSSR count). The van der Waals surface area contributed by atoms with Crippen molar-refractivity contribution < 1.29 is 18.7 Å². The lowest BCUT2D eigenvalue weighted by atomic mass is 10.00. The number of methoxy groups -OCH3 is 1. The SMILES string of the molecule is CC#Cc1c(C(=O)OC)cc(N2CCOC(c3cnn(C)c3)C2)nc1-c1ccc(Cl)cc1F. The van der Waals surface area contributed by atoms with Gasteiger partial charge < -0.3 is 14.4 Å². The number of ether oxygens (including phenoxy) is 2. The number of carbonyl (C=O) groups excluding carboxylic acids is 1. The number of aryl methyl sites for hydroxylation is 1. The number of nitrogens with zero attached hydrogens (tertiary/aromatic N) is 4. The Hall–Kier alpha value is -3.41. The molecule has 0 bridgehead atoms. The van der Waals surface area contributed by atoms with E-state index < -0.39 is 11.8 Å². The molecule has 1 atom stereocenters. The van der Waals surface area contributed by atoms with Crippen LogP contribution in [0.15, 0.2) is 36.7 Å². The summed E-state index contributed by atoms with van der Waals surface area (Å²) in [4.78, 5) is 19.4. The fourth-order valence-corrected chi connectivity index (χ4v) is 3.92. The number of hydrogen-bond donors (Lipinski definition) is 0. The predicted octanol–water partition coefficient (Wildman–Crippen LogP) is 4.01. The molecule has 0 aliphatic carbocycles. The first kappa shape index (κ1) is 22.8. The van der Waals surface area contributed by atoms with Gasteiger partial charge in [-0.05, 0) is 31.2 Å². The number of morpholine rings is 1. The molecule has 1 fully saturated rings. The van der Waals surface area contributed by atoms with Gasteiger partial charge in [0.05, 0.1) is 36.7 Å². The fraction of sp³-hybridized carbons (Fsp3) is 0.292. The number of rotatable bonds is 4. The van der Waals surface area contributed by atoms with Crippen LogP contribution < -0.4 is 4.90 Å². The van der Waals surface area contributed by atoms with Crippen LogP contribution in [-0.4, -0.2) is 47.5 Å². The average molecular weight is 469 g/mol. The Balaban J connectivity index is 1.84. The summed E-state index contributed by atoms with van der Waals surface area (Å²) in [5.41, 5.74) is 1.90. The van der Waals surface area contributed by atoms with Crippen molar-refractivity contribution >= 4 is 23.4 Å². The summed E-state index contributed by atoms with van der Waals surface area (Å²) < 4.78 is 27.5. The average Bonchev–Trinajstić information content (AvgIpc) is 3.25. The van der Waals surface area contributed by atoms with Gasteiger partial charge >= 0.3 is 5.97 Å². The van der Waals surface area contributed by atoms with Gasteiger partial charge in [0, 0.05) is 42.5 Å². The standard InChI is InChI=1S/C24H22ClFN4O3/c1-4-5-17-19(24(31)32-3)11-22(28-23(17)18-7-6-16(25)10-20(18)26)30-8-9-33-21(14-30)15-12-27-29(2)13-15/h6-7,10-13,21H,8-9,14H2,1-3H3. The molecule has 1 aliphatic rings. The van der Waals surface area contributed by atoms with Gasteiger partial charge in [0.15, 0.2) is 0 Å². The second kappa shape index (κ2) is 9.61. The smallest absolute Gasteiger partial charge is 0.339 e. The molecule has 33 heavy (non-hydrogen) atoms. The Kier molecular flexibility index (Phi) is 6.63. The van der Waals surface area contributed by atoms with Crippen molar-refractivity contribution in [2.75, 3.05) is 31.7 Å². The van der Waals surface area contributed by atoms with Gasteiger partial charge in [-0.15, -0.1) is 5.92 Å². The van der Waals surface area contributed by atoms with Gasteiger partial charge in [0.25, 0.3) is 0 Å². The molecule has 2 aromatic heterocycles.